The van der Waals surface area contributed by atoms with E-state index in [-0.39, 0.29) is 6.42 Å². The van der Waals surface area contributed by atoms with Gasteiger partial charge in [0.2, 0.25) is 0 Å². The zero-order chi connectivity index (χ0) is 19.5. The van der Waals surface area contributed by atoms with Crippen molar-refractivity contribution in [2.75, 3.05) is 0 Å². The first-order chi connectivity index (χ1) is 13.6. The fourth-order valence-electron chi connectivity index (χ4n) is 4.98. The van der Waals surface area contributed by atoms with Crippen LogP contribution in [-0.4, -0.2) is 11.1 Å². The Morgan fingerprint density at radius 3 is 2.54 bits per heavy atom. The molecule has 144 valence electrons. The maximum absolute atomic E-state index is 10.9. The van der Waals surface area contributed by atoms with E-state index in [9.17, 15) is 4.79 Å². The van der Waals surface area contributed by atoms with Crippen LogP contribution in [0.15, 0.2) is 66.7 Å². The van der Waals surface area contributed by atoms with Crippen molar-refractivity contribution in [1.29, 1.82) is 0 Å². The lowest BCUT2D eigenvalue weighted by Crippen LogP contribution is -2.04. The lowest BCUT2D eigenvalue weighted by atomic mass is 9.86. The maximum atomic E-state index is 10.9. The smallest absolute Gasteiger partial charge is 0.307 e. The van der Waals surface area contributed by atoms with Crippen LogP contribution in [0.25, 0.3) is 10.8 Å². The third-order valence-electron chi connectivity index (χ3n) is 6.39. The van der Waals surface area contributed by atoms with E-state index in [1.165, 1.54) is 47.6 Å². The Bertz CT molecular complexity index is 952. The second-order valence-electron chi connectivity index (χ2n) is 8.39. The molecule has 0 heterocycles. The van der Waals surface area contributed by atoms with Gasteiger partial charge in [0.25, 0.3) is 0 Å². The van der Waals surface area contributed by atoms with E-state index in [0.717, 1.165) is 11.5 Å². The summed E-state index contributed by atoms with van der Waals surface area (Å²) in [4.78, 5) is 10.9. The molecule has 1 aliphatic carbocycles. The SMILES string of the molecule is C[C@@H](CC1CCC(c2ccc(CC(=O)O)cc2)C1)c1cccc2ccccc12. The lowest BCUT2D eigenvalue weighted by molar-refractivity contribution is -0.136. The first kappa shape index (κ1) is 18.7. The van der Waals surface area contributed by atoms with Gasteiger partial charge in [0, 0.05) is 0 Å². The van der Waals surface area contributed by atoms with E-state index < -0.39 is 5.97 Å². The van der Waals surface area contributed by atoms with Crippen LogP contribution < -0.4 is 0 Å². The molecule has 28 heavy (non-hydrogen) atoms. The Balaban J connectivity index is 1.41. The first-order valence-corrected chi connectivity index (χ1v) is 10.4. The minimum absolute atomic E-state index is 0.107. The number of aliphatic carboxylic acids is 1. The molecule has 1 fully saturated rings. The van der Waals surface area contributed by atoms with Crippen molar-refractivity contribution < 1.29 is 9.90 Å². The van der Waals surface area contributed by atoms with Crippen molar-refractivity contribution in [3.05, 3.63) is 83.4 Å². The third-order valence-corrected chi connectivity index (χ3v) is 6.39. The van der Waals surface area contributed by atoms with Crippen LogP contribution in [0.5, 0.6) is 0 Å². The van der Waals surface area contributed by atoms with E-state index in [0.29, 0.717) is 11.8 Å². The van der Waals surface area contributed by atoms with Crippen molar-refractivity contribution in [3.63, 3.8) is 0 Å². The minimum atomic E-state index is -0.767. The summed E-state index contributed by atoms with van der Waals surface area (Å²) in [6.07, 6.45) is 5.12. The molecule has 4 rings (SSSR count). The average molecular weight is 373 g/mol. The molecule has 0 radical (unpaired) electrons. The molecule has 0 bridgehead atoms. The van der Waals surface area contributed by atoms with Gasteiger partial charge >= 0.3 is 5.97 Å². The third kappa shape index (κ3) is 4.11. The number of fused-ring (bicyclic) bond motifs is 1. The number of carbonyl (C=O) groups is 1. The van der Waals surface area contributed by atoms with Crippen LogP contribution in [0.2, 0.25) is 0 Å². The fraction of sp³-hybridized carbons (Fsp3) is 0.346. The molecule has 0 aromatic heterocycles. The van der Waals surface area contributed by atoms with Crippen molar-refractivity contribution in [2.45, 2.75) is 50.9 Å². The van der Waals surface area contributed by atoms with Crippen LogP contribution in [0, 0.1) is 5.92 Å². The second-order valence-corrected chi connectivity index (χ2v) is 8.39. The highest BCUT2D eigenvalue weighted by Gasteiger charge is 2.27. The number of hydrogen-bond acceptors (Lipinski definition) is 1. The molecule has 2 heteroatoms. The van der Waals surface area contributed by atoms with Gasteiger partial charge in [-0.2, -0.15) is 0 Å². The standard InChI is InChI=1S/C26H28O2/c1-18(24-8-4-6-22-5-2-3-7-25(22)24)15-20-11-14-23(16-20)21-12-9-19(10-13-21)17-26(27)28/h2-10,12-13,18,20,23H,11,14-17H2,1H3,(H,27,28)/t18-,20?,23?/m0/s1. The van der Waals surface area contributed by atoms with E-state index in [2.05, 4.69) is 61.5 Å². The zero-order valence-corrected chi connectivity index (χ0v) is 16.5. The van der Waals surface area contributed by atoms with Gasteiger partial charge in [-0.1, -0.05) is 73.7 Å². The predicted molar refractivity (Wildman–Crippen MR) is 115 cm³/mol. The van der Waals surface area contributed by atoms with Gasteiger partial charge in [-0.15, -0.1) is 0 Å². The number of benzene rings is 3. The predicted octanol–water partition coefficient (Wildman–Crippen LogP) is 6.54. The molecule has 1 saturated carbocycles. The quantitative estimate of drug-likeness (QED) is 0.533. The van der Waals surface area contributed by atoms with E-state index in [1.807, 2.05) is 12.1 Å². The van der Waals surface area contributed by atoms with E-state index >= 15 is 0 Å². The summed E-state index contributed by atoms with van der Waals surface area (Å²) < 4.78 is 0. The maximum Gasteiger partial charge on any atom is 0.307 e. The van der Waals surface area contributed by atoms with Crippen LogP contribution in [0.1, 0.15) is 61.1 Å². The molecule has 2 nitrogen and oxygen atoms in total. The Labute approximate surface area is 167 Å². The summed E-state index contributed by atoms with van der Waals surface area (Å²) in [5, 5.41) is 11.6. The zero-order valence-electron chi connectivity index (χ0n) is 16.5. The Morgan fingerprint density at radius 1 is 1.00 bits per heavy atom. The summed E-state index contributed by atoms with van der Waals surface area (Å²) in [5.41, 5.74) is 3.73. The summed E-state index contributed by atoms with van der Waals surface area (Å²) in [7, 11) is 0. The monoisotopic (exact) mass is 372 g/mol. The highest BCUT2D eigenvalue weighted by atomic mass is 16.4. The number of carboxylic acid groups (broad SMARTS) is 1. The van der Waals surface area contributed by atoms with Gasteiger partial charge < -0.3 is 5.11 Å². The summed E-state index contributed by atoms with van der Waals surface area (Å²) >= 11 is 0. The lowest BCUT2D eigenvalue weighted by Gasteiger charge is -2.19. The largest absolute Gasteiger partial charge is 0.481 e. The molecular formula is C26H28O2. The molecule has 3 atom stereocenters. The molecule has 0 spiro atoms. The molecule has 2 unspecified atom stereocenters. The van der Waals surface area contributed by atoms with Gasteiger partial charge in [-0.05, 0) is 70.9 Å². The normalized spacial score (nSPS) is 20.3. The molecule has 1 N–H and O–H groups in total. The second kappa shape index (κ2) is 8.18. The minimum Gasteiger partial charge on any atom is -0.481 e. The van der Waals surface area contributed by atoms with Crippen LogP contribution in [0.3, 0.4) is 0 Å². The number of carboxylic acids is 1. The average Bonchev–Trinajstić information content (AvgIpc) is 3.16. The van der Waals surface area contributed by atoms with Gasteiger partial charge in [-0.25, -0.2) is 0 Å². The molecule has 1 aliphatic rings. The Morgan fingerprint density at radius 2 is 1.75 bits per heavy atom. The van der Waals surface area contributed by atoms with Gasteiger partial charge in [0.05, 0.1) is 6.42 Å². The summed E-state index contributed by atoms with van der Waals surface area (Å²) in [6, 6.07) is 23.6. The van der Waals surface area contributed by atoms with Gasteiger partial charge in [0.1, 0.15) is 0 Å². The number of hydrogen-bond donors (Lipinski definition) is 1. The van der Waals surface area contributed by atoms with Crippen LogP contribution >= 0.6 is 0 Å². The Hall–Kier alpha value is -2.61. The van der Waals surface area contributed by atoms with E-state index in [1.54, 1.807) is 0 Å². The highest BCUT2D eigenvalue weighted by Crippen LogP contribution is 2.43. The molecule has 3 aromatic rings. The summed E-state index contributed by atoms with van der Waals surface area (Å²) in [6.45, 7) is 2.37. The Kier molecular flexibility index (Phi) is 5.47. The first-order valence-electron chi connectivity index (χ1n) is 10.4. The van der Waals surface area contributed by atoms with Crippen LogP contribution in [-0.2, 0) is 11.2 Å². The van der Waals surface area contributed by atoms with Crippen LogP contribution in [0.4, 0.5) is 0 Å². The fourth-order valence-corrected chi connectivity index (χ4v) is 4.98. The van der Waals surface area contributed by atoms with Crippen molar-refractivity contribution in [3.8, 4) is 0 Å². The van der Waals surface area contributed by atoms with E-state index in [4.69, 9.17) is 5.11 Å². The topological polar surface area (TPSA) is 37.3 Å². The number of rotatable bonds is 6. The highest BCUT2D eigenvalue weighted by molar-refractivity contribution is 5.86. The molecule has 0 amide bonds. The molecule has 3 aromatic carbocycles. The van der Waals surface area contributed by atoms with Gasteiger partial charge in [0.15, 0.2) is 0 Å². The van der Waals surface area contributed by atoms with Gasteiger partial charge in [-0.3, -0.25) is 4.79 Å². The molecule has 0 aliphatic heterocycles. The molecular weight excluding hydrogens is 344 g/mol. The van der Waals surface area contributed by atoms with Crippen molar-refractivity contribution in [2.24, 2.45) is 5.92 Å². The molecule has 0 saturated heterocycles. The van der Waals surface area contributed by atoms with Crippen molar-refractivity contribution >= 4 is 16.7 Å². The van der Waals surface area contributed by atoms with Crippen molar-refractivity contribution in [1.82, 2.24) is 0 Å². The summed E-state index contributed by atoms with van der Waals surface area (Å²) in [5.74, 6) is 1.17.